The summed E-state index contributed by atoms with van der Waals surface area (Å²) in [4.78, 5) is 12.1. The first-order chi connectivity index (χ1) is 8.75. The van der Waals surface area contributed by atoms with Gasteiger partial charge in [-0.1, -0.05) is 6.92 Å². The number of nitrogens with zero attached hydrogens (tertiary/aromatic N) is 1. The molecule has 1 rings (SSSR count). The number of nitrogens with one attached hydrogen (secondary N) is 1. The van der Waals surface area contributed by atoms with E-state index in [4.69, 9.17) is 5.11 Å². The molecular formula is C12H24N2O4S. The maximum absolute atomic E-state index is 12.1. The second-order valence-corrected chi connectivity index (χ2v) is 7.40. The molecule has 0 saturated carbocycles. The number of amides is 1. The van der Waals surface area contributed by atoms with Crippen LogP contribution >= 0.6 is 0 Å². The van der Waals surface area contributed by atoms with Crippen molar-refractivity contribution in [2.45, 2.75) is 32.7 Å². The van der Waals surface area contributed by atoms with Crippen LogP contribution in [-0.2, 0) is 14.8 Å². The van der Waals surface area contributed by atoms with Crippen molar-refractivity contribution in [2.24, 2.45) is 11.8 Å². The minimum Gasteiger partial charge on any atom is -0.396 e. The van der Waals surface area contributed by atoms with E-state index in [1.807, 2.05) is 13.8 Å². The Labute approximate surface area is 115 Å². The predicted octanol–water partition coefficient (Wildman–Crippen LogP) is -0.209. The normalized spacial score (nSPS) is 24.7. The third-order valence-electron chi connectivity index (χ3n) is 3.74. The number of rotatable bonds is 5. The molecule has 3 unspecified atom stereocenters. The average molecular weight is 292 g/mol. The van der Waals surface area contributed by atoms with E-state index >= 15 is 0 Å². The third-order valence-corrected chi connectivity index (χ3v) is 5.01. The van der Waals surface area contributed by atoms with Crippen LogP contribution in [-0.4, -0.2) is 55.7 Å². The van der Waals surface area contributed by atoms with Gasteiger partial charge in [0, 0.05) is 25.7 Å². The van der Waals surface area contributed by atoms with Crippen LogP contribution in [0.3, 0.4) is 0 Å². The molecule has 1 amide bonds. The maximum atomic E-state index is 12.1. The Morgan fingerprint density at radius 1 is 1.47 bits per heavy atom. The van der Waals surface area contributed by atoms with E-state index in [1.54, 1.807) is 0 Å². The lowest BCUT2D eigenvalue weighted by molar-refractivity contribution is -0.127. The monoisotopic (exact) mass is 292 g/mol. The molecule has 0 radical (unpaired) electrons. The fraction of sp³-hybridized carbons (Fsp3) is 0.917. The van der Waals surface area contributed by atoms with Crippen LogP contribution in [0.25, 0.3) is 0 Å². The molecule has 0 aliphatic carbocycles. The first kappa shape index (κ1) is 16.4. The van der Waals surface area contributed by atoms with Gasteiger partial charge in [-0.05, 0) is 25.7 Å². The van der Waals surface area contributed by atoms with Gasteiger partial charge in [-0.3, -0.25) is 4.79 Å². The first-order valence-electron chi connectivity index (χ1n) is 6.62. The molecule has 112 valence electrons. The van der Waals surface area contributed by atoms with Crippen molar-refractivity contribution in [2.75, 3.05) is 26.0 Å². The van der Waals surface area contributed by atoms with E-state index in [1.165, 1.54) is 10.6 Å². The molecule has 1 fully saturated rings. The van der Waals surface area contributed by atoms with Gasteiger partial charge >= 0.3 is 0 Å². The van der Waals surface area contributed by atoms with Gasteiger partial charge in [-0.15, -0.1) is 0 Å². The van der Waals surface area contributed by atoms with Gasteiger partial charge in [-0.25, -0.2) is 12.7 Å². The van der Waals surface area contributed by atoms with Gasteiger partial charge in [0.2, 0.25) is 15.9 Å². The fourth-order valence-corrected chi connectivity index (χ4v) is 3.01. The maximum Gasteiger partial charge on any atom is 0.224 e. The Balaban J connectivity index is 2.58. The Morgan fingerprint density at radius 3 is 2.63 bits per heavy atom. The summed E-state index contributed by atoms with van der Waals surface area (Å²) in [5.74, 6) is -0.434. The molecule has 1 heterocycles. The molecule has 1 aliphatic rings. The average Bonchev–Trinajstić information content (AvgIpc) is 2.36. The second-order valence-electron chi connectivity index (χ2n) is 5.42. The highest BCUT2D eigenvalue weighted by atomic mass is 32.2. The van der Waals surface area contributed by atoms with Crippen LogP contribution in [0.4, 0.5) is 0 Å². The summed E-state index contributed by atoms with van der Waals surface area (Å²) in [7, 11) is -3.23. The molecule has 6 nitrogen and oxygen atoms in total. The lowest BCUT2D eigenvalue weighted by atomic mass is 9.97. The number of carbonyl (C=O) groups excluding carboxylic acids is 1. The van der Waals surface area contributed by atoms with Gasteiger partial charge in [0.15, 0.2) is 0 Å². The summed E-state index contributed by atoms with van der Waals surface area (Å²) in [6, 6.07) is -0.119. The Kier molecular flexibility index (Phi) is 5.76. The minimum absolute atomic E-state index is 0.0152. The summed E-state index contributed by atoms with van der Waals surface area (Å²) < 4.78 is 24.3. The Hall–Kier alpha value is -0.660. The van der Waals surface area contributed by atoms with Crippen molar-refractivity contribution in [3.63, 3.8) is 0 Å². The highest BCUT2D eigenvalue weighted by Crippen LogP contribution is 2.19. The Morgan fingerprint density at radius 2 is 2.11 bits per heavy atom. The number of carbonyl (C=O) groups is 1. The van der Waals surface area contributed by atoms with E-state index in [2.05, 4.69) is 5.32 Å². The molecule has 7 heteroatoms. The summed E-state index contributed by atoms with van der Waals surface area (Å²) in [6.07, 6.45) is 2.58. The molecule has 0 spiro atoms. The van der Waals surface area contributed by atoms with Crippen LogP contribution in [0.1, 0.15) is 26.7 Å². The zero-order valence-corrected chi connectivity index (χ0v) is 12.6. The summed E-state index contributed by atoms with van der Waals surface area (Å²) in [5.41, 5.74) is 0. The van der Waals surface area contributed by atoms with Gasteiger partial charge in [0.1, 0.15) is 0 Å². The van der Waals surface area contributed by atoms with Crippen molar-refractivity contribution in [1.29, 1.82) is 0 Å². The van der Waals surface area contributed by atoms with Crippen molar-refractivity contribution in [3.05, 3.63) is 0 Å². The molecule has 0 bridgehead atoms. The third kappa shape index (κ3) is 4.74. The van der Waals surface area contributed by atoms with Crippen LogP contribution in [0.15, 0.2) is 0 Å². The topological polar surface area (TPSA) is 86.7 Å². The lowest BCUT2D eigenvalue weighted by Crippen LogP contribution is -2.48. The molecule has 1 saturated heterocycles. The zero-order chi connectivity index (χ0) is 14.6. The summed E-state index contributed by atoms with van der Waals surface area (Å²) in [6.45, 7) is 4.46. The molecular weight excluding hydrogens is 268 g/mol. The fourth-order valence-electron chi connectivity index (χ4n) is 2.10. The predicted molar refractivity (Wildman–Crippen MR) is 73.0 cm³/mol. The van der Waals surface area contributed by atoms with Gasteiger partial charge in [-0.2, -0.15) is 0 Å². The summed E-state index contributed by atoms with van der Waals surface area (Å²) >= 11 is 0. The van der Waals surface area contributed by atoms with Crippen LogP contribution in [0, 0.1) is 11.8 Å². The van der Waals surface area contributed by atoms with Gasteiger partial charge < -0.3 is 10.4 Å². The zero-order valence-electron chi connectivity index (χ0n) is 11.8. The molecule has 2 N–H and O–H groups in total. The highest BCUT2D eigenvalue weighted by molar-refractivity contribution is 7.88. The van der Waals surface area contributed by atoms with Gasteiger partial charge in [0.25, 0.3) is 0 Å². The lowest BCUT2D eigenvalue weighted by Gasteiger charge is -2.31. The van der Waals surface area contributed by atoms with Crippen molar-refractivity contribution >= 4 is 15.9 Å². The van der Waals surface area contributed by atoms with Crippen molar-refractivity contribution < 1.29 is 18.3 Å². The SMILES string of the molecule is CC(CO)C(C)NC(=O)C1CCCN(S(C)(=O)=O)C1. The highest BCUT2D eigenvalue weighted by Gasteiger charge is 2.30. The molecule has 0 aromatic heterocycles. The van der Waals surface area contributed by atoms with E-state index in [0.717, 1.165) is 0 Å². The largest absolute Gasteiger partial charge is 0.396 e. The van der Waals surface area contributed by atoms with E-state index in [-0.39, 0.29) is 36.9 Å². The number of hydrogen-bond donors (Lipinski definition) is 2. The molecule has 19 heavy (non-hydrogen) atoms. The van der Waals surface area contributed by atoms with Crippen LogP contribution in [0.2, 0.25) is 0 Å². The van der Waals surface area contributed by atoms with E-state index in [0.29, 0.717) is 19.4 Å². The van der Waals surface area contributed by atoms with Crippen molar-refractivity contribution in [1.82, 2.24) is 9.62 Å². The molecule has 3 atom stereocenters. The number of piperidine rings is 1. The smallest absolute Gasteiger partial charge is 0.224 e. The van der Waals surface area contributed by atoms with Crippen molar-refractivity contribution in [3.8, 4) is 0 Å². The van der Waals surface area contributed by atoms with Crippen LogP contribution in [0.5, 0.6) is 0 Å². The first-order valence-corrected chi connectivity index (χ1v) is 8.47. The van der Waals surface area contributed by atoms with Gasteiger partial charge in [0.05, 0.1) is 12.2 Å². The quantitative estimate of drug-likeness (QED) is 0.734. The summed E-state index contributed by atoms with van der Waals surface area (Å²) in [5, 5.41) is 11.9. The second kappa shape index (κ2) is 6.67. The molecule has 0 aromatic rings. The number of aliphatic hydroxyl groups excluding tert-OH is 1. The standard InChI is InChI=1S/C12H24N2O4S/c1-9(8-15)10(2)13-12(16)11-5-4-6-14(7-11)19(3,17)18/h9-11,15H,4-8H2,1-3H3,(H,13,16). The van der Waals surface area contributed by atoms with Crippen LogP contribution < -0.4 is 5.32 Å². The molecule has 1 aliphatic heterocycles. The van der Waals surface area contributed by atoms with E-state index < -0.39 is 10.0 Å². The minimum atomic E-state index is -3.23. The number of aliphatic hydroxyl groups is 1. The number of sulfonamides is 1. The molecule has 0 aromatic carbocycles. The Bertz CT molecular complexity index is 410. The number of hydrogen-bond acceptors (Lipinski definition) is 4. The van der Waals surface area contributed by atoms with E-state index in [9.17, 15) is 13.2 Å².